The molecular formula is C11H25NO. The van der Waals surface area contributed by atoms with Crippen molar-refractivity contribution in [1.29, 1.82) is 0 Å². The average Bonchev–Trinajstić information content (AvgIpc) is 1.95. The molecule has 0 amide bonds. The summed E-state index contributed by atoms with van der Waals surface area (Å²) in [4.78, 5) is 2.45. The van der Waals surface area contributed by atoms with Gasteiger partial charge in [-0.2, -0.15) is 0 Å². The van der Waals surface area contributed by atoms with Gasteiger partial charge in [0.05, 0.1) is 12.7 Å². The lowest BCUT2D eigenvalue weighted by Crippen LogP contribution is -2.39. The van der Waals surface area contributed by atoms with Crippen molar-refractivity contribution in [1.82, 2.24) is 4.90 Å². The fraction of sp³-hybridized carbons (Fsp3) is 1.00. The third-order valence-corrected chi connectivity index (χ3v) is 2.13. The molecule has 0 radical (unpaired) electrons. The maximum Gasteiger partial charge on any atom is 0.0597 e. The number of rotatable bonds is 6. The first-order valence-corrected chi connectivity index (χ1v) is 5.32. The molecule has 0 aromatic carbocycles. The predicted molar refractivity (Wildman–Crippen MR) is 58.1 cm³/mol. The smallest absolute Gasteiger partial charge is 0.0597 e. The van der Waals surface area contributed by atoms with Gasteiger partial charge in [-0.3, -0.25) is 4.90 Å². The molecular weight excluding hydrogens is 162 g/mol. The highest BCUT2D eigenvalue weighted by molar-refractivity contribution is 4.66. The molecule has 0 fully saturated rings. The summed E-state index contributed by atoms with van der Waals surface area (Å²) in [5, 5.41) is 0. The van der Waals surface area contributed by atoms with Crippen LogP contribution in [-0.4, -0.2) is 36.2 Å². The van der Waals surface area contributed by atoms with Crippen molar-refractivity contribution in [2.24, 2.45) is 0 Å². The molecule has 0 spiro atoms. The summed E-state index contributed by atoms with van der Waals surface area (Å²) in [6, 6.07) is 1.21. The molecule has 0 saturated heterocycles. The molecule has 0 aliphatic rings. The summed E-state index contributed by atoms with van der Waals surface area (Å²) in [5.41, 5.74) is 0. The molecule has 0 aromatic rings. The van der Waals surface area contributed by atoms with Gasteiger partial charge in [0.1, 0.15) is 0 Å². The fourth-order valence-corrected chi connectivity index (χ4v) is 1.51. The maximum atomic E-state index is 5.53. The van der Waals surface area contributed by atoms with Crippen LogP contribution in [0.15, 0.2) is 0 Å². The predicted octanol–water partition coefficient (Wildman–Crippen LogP) is 2.53. The van der Waals surface area contributed by atoms with Crippen LogP contribution in [0.5, 0.6) is 0 Å². The zero-order chi connectivity index (χ0) is 10.4. The summed E-state index contributed by atoms with van der Waals surface area (Å²) in [7, 11) is 0. The molecule has 0 aliphatic carbocycles. The van der Waals surface area contributed by atoms with E-state index in [1.807, 2.05) is 0 Å². The molecule has 2 heteroatoms. The molecule has 0 bridgehead atoms. The molecule has 0 rings (SSSR count). The minimum atomic E-state index is 0.348. The molecule has 0 heterocycles. The van der Waals surface area contributed by atoms with Gasteiger partial charge in [-0.05, 0) is 41.5 Å². The quantitative estimate of drug-likeness (QED) is 0.633. The Labute approximate surface area is 83.3 Å². The van der Waals surface area contributed by atoms with Gasteiger partial charge in [0.25, 0.3) is 0 Å². The fourth-order valence-electron chi connectivity index (χ4n) is 1.51. The van der Waals surface area contributed by atoms with Crippen LogP contribution < -0.4 is 0 Å². The van der Waals surface area contributed by atoms with Crippen LogP contribution >= 0.6 is 0 Å². The molecule has 0 N–H and O–H groups in total. The van der Waals surface area contributed by atoms with Crippen molar-refractivity contribution in [3.63, 3.8) is 0 Å². The summed E-state index contributed by atoms with van der Waals surface area (Å²) in [6.07, 6.45) is 0.348. The van der Waals surface area contributed by atoms with Gasteiger partial charge in [-0.15, -0.1) is 0 Å². The Bertz CT molecular complexity index is 113. The van der Waals surface area contributed by atoms with E-state index in [1.54, 1.807) is 0 Å². The molecule has 0 aromatic heterocycles. The monoisotopic (exact) mass is 187 g/mol. The van der Waals surface area contributed by atoms with Crippen LogP contribution in [0.3, 0.4) is 0 Å². The summed E-state index contributed by atoms with van der Waals surface area (Å²) in [6.45, 7) is 15.0. The minimum Gasteiger partial charge on any atom is -0.377 e. The summed E-state index contributed by atoms with van der Waals surface area (Å²) < 4.78 is 5.53. The van der Waals surface area contributed by atoms with Gasteiger partial charge in [0.15, 0.2) is 0 Å². The highest BCUT2D eigenvalue weighted by Crippen LogP contribution is 2.04. The molecule has 0 unspecified atom stereocenters. The van der Waals surface area contributed by atoms with Gasteiger partial charge >= 0.3 is 0 Å². The topological polar surface area (TPSA) is 12.5 Å². The Balaban J connectivity index is 3.70. The van der Waals surface area contributed by atoms with Crippen molar-refractivity contribution < 1.29 is 4.74 Å². The van der Waals surface area contributed by atoms with E-state index >= 15 is 0 Å². The number of ether oxygens (including phenoxy) is 1. The Kier molecular flexibility index (Phi) is 6.35. The number of hydrogen-bond acceptors (Lipinski definition) is 2. The average molecular weight is 187 g/mol. The lowest BCUT2D eigenvalue weighted by molar-refractivity contribution is 0.0436. The third-order valence-electron chi connectivity index (χ3n) is 2.13. The van der Waals surface area contributed by atoms with Crippen LogP contribution in [0.4, 0.5) is 0 Å². The second-order valence-corrected chi connectivity index (χ2v) is 4.34. The standard InChI is InChI=1S/C11H25NO/c1-9(2)12(10(3)4)7-8-13-11(5)6/h9-11H,7-8H2,1-6H3. The molecule has 2 nitrogen and oxygen atoms in total. The molecule has 13 heavy (non-hydrogen) atoms. The summed E-state index contributed by atoms with van der Waals surface area (Å²) >= 11 is 0. The van der Waals surface area contributed by atoms with Gasteiger partial charge in [0, 0.05) is 18.6 Å². The SMILES string of the molecule is CC(C)OCCN(C(C)C)C(C)C. The van der Waals surface area contributed by atoms with E-state index in [2.05, 4.69) is 46.4 Å². The number of hydrogen-bond donors (Lipinski definition) is 0. The van der Waals surface area contributed by atoms with Gasteiger partial charge in [-0.25, -0.2) is 0 Å². The maximum absolute atomic E-state index is 5.53. The minimum absolute atomic E-state index is 0.348. The molecule has 80 valence electrons. The van der Waals surface area contributed by atoms with Crippen LogP contribution in [0.2, 0.25) is 0 Å². The second kappa shape index (κ2) is 6.39. The van der Waals surface area contributed by atoms with E-state index in [0.717, 1.165) is 13.2 Å². The zero-order valence-corrected chi connectivity index (χ0v) is 10.0. The highest BCUT2D eigenvalue weighted by atomic mass is 16.5. The summed E-state index contributed by atoms with van der Waals surface area (Å²) in [5.74, 6) is 0. The van der Waals surface area contributed by atoms with E-state index < -0.39 is 0 Å². The van der Waals surface area contributed by atoms with Gasteiger partial charge in [-0.1, -0.05) is 0 Å². The normalized spacial score (nSPS) is 12.5. The van der Waals surface area contributed by atoms with Crippen molar-refractivity contribution in [2.75, 3.05) is 13.2 Å². The highest BCUT2D eigenvalue weighted by Gasteiger charge is 2.12. The van der Waals surface area contributed by atoms with E-state index in [1.165, 1.54) is 0 Å². The van der Waals surface area contributed by atoms with Gasteiger partial charge < -0.3 is 4.74 Å². The van der Waals surface area contributed by atoms with Crippen molar-refractivity contribution >= 4 is 0 Å². The van der Waals surface area contributed by atoms with E-state index in [4.69, 9.17) is 4.74 Å². The molecule has 0 atom stereocenters. The van der Waals surface area contributed by atoms with E-state index in [0.29, 0.717) is 18.2 Å². The number of nitrogens with zero attached hydrogens (tertiary/aromatic N) is 1. The van der Waals surface area contributed by atoms with E-state index in [9.17, 15) is 0 Å². The first-order chi connectivity index (χ1) is 5.95. The Morgan fingerprint density at radius 3 is 1.69 bits per heavy atom. The first-order valence-electron chi connectivity index (χ1n) is 5.32. The van der Waals surface area contributed by atoms with Crippen LogP contribution in [0.25, 0.3) is 0 Å². The van der Waals surface area contributed by atoms with E-state index in [-0.39, 0.29) is 0 Å². The largest absolute Gasteiger partial charge is 0.377 e. The molecule has 0 aliphatic heterocycles. The Morgan fingerprint density at radius 2 is 1.38 bits per heavy atom. The lowest BCUT2D eigenvalue weighted by Gasteiger charge is -2.30. The van der Waals surface area contributed by atoms with Crippen LogP contribution in [0.1, 0.15) is 41.5 Å². The zero-order valence-electron chi connectivity index (χ0n) is 10.0. The van der Waals surface area contributed by atoms with Crippen molar-refractivity contribution in [2.45, 2.75) is 59.7 Å². The van der Waals surface area contributed by atoms with Gasteiger partial charge in [0.2, 0.25) is 0 Å². The third kappa shape index (κ3) is 6.05. The first kappa shape index (κ1) is 12.9. The molecule has 0 saturated carbocycles. The van der Waals surface area contributed by atoms with Crippen LogP contribution in [-0.2, 0) is 4.74 Å². The van der Waals surface area contributed by atoms with Crippen LogP contribution in [0, 0.1) is 0 Å². The van der Waals surface area contributed by atoms with Crippen molar-refractivity contribution in [3.8, 4) is 0 Å². The Hall–Kier alpha value is -0.0800. The Morgan fingerprint density at radius 1 is 0.923 bits per heavy atom. The lowest BCUT2D eigenvalue weighted by atomic mass is 10.2. The van der Waals surface area contributed by atoms with Crippen molar-refractivity contribution in [3.05, 3.63) is 0 Å². The second-order valence-electron chi connectivity index (χ2n) is 4.34.